The summed E-state index contributed by atoms with van der Waals surface area (Å²) in [6.45, 7) is 1.41. The summed E-state index contributed by atoms with van der Waals surface area (Å²) >= 11 is 0. The normalized spacial score (nSPS) is 15.8. The van der Waals surface area contributed by atoms with Gasteiger partial charge in [0.25, 0.3) is 0 Å². The summed E-state index contributed by atoms with van der Waals surface area (Å²) in [5.74, 6) is 2.16. The lowest BCUT2D eigenvalue weighted by molar-refractivity contribution is -0.131. The molecule has 0 spiro atoms. The van der Waals surface area contributed by atoms with E-state index in [4.69, 9.17) is 9.15 Å². The van der Waals surface area contributed by atoms with Gasteiger partial charge in [-0.25, -0.2) is 4.98 Å². The van der Waals surface area contributed by atoms with Gasteiger partial charge in [-0.2, -0.15) is 0 Å². The number of carbonyl (C=O) groups excluding carboxylic acids is 1. The van der Waals surface area contributed by atoms with Gasteiger partial charge in [0.1, 0.15) is 11.5 Å². The monoisotopic (exact) mass is 337 g/mol. The van der Waals surface area contributed by atoms with Crippen molar-refractivity contribution in [2.75, 3.05) is 6.54 Å². The van der Waals surface area contributed by atoms with E-state index in [1.807, 2.05) is 47.5 Å². The second-order valence-corrected chi connectivity index (χ2v) is 6.06. The summed E-state index contributed by atoms with van der Waals surface area (Å²) in [6, 6.07) is 9.56. The van der Waals surface area contributed by atoms with Crippen molar-refractivity contribution in [1.82, 2.24) is 9.88 Å². The predicted molar refractivity (Wildman–Crippen MR) is 92.2 cm³/mol. The molecule has 0 N–H and O–H groups in total. The SMILES string of the molecule is O=C(CC1=CCC=N1)N1CCc2nc(COc3ccccc3)oc2C1. The number of amides is 1. The number of hydrogen-bond donors (Lipinski definition) is 0. The molecule has 3 heterocycles. The van der Waals surface area contributed by atoms with E-state index in [0.717, 1.165) is 29.3 Å². The van der Waals surface area contributed by atoms with Gasteiger partial charge in [-0.3, -0.25) is 9.79 Å². The summed E-state index contributed by atoms with van der Waals surface area (Å²) in [7, 11) is 0. The largest absolute Gasteiger partial charge is 0.484 e. The molecule has 2 aliphatic heterocycles. The van der Waals surface area contributed by atoms with Gasteiger partial charge in [0.15, 0.2) is 6.61 Å². The molecular formula is C19H19N3O3. The van der Waals surface area contributed by atoms with E-state index in [0.29, 0.717) is 31.8 Å². The number of fused-ring (bicyclic) bond motifs is 1. The minimum Gasteiger partial charge on any atom is -0.484 e. The number of hydrogen-bond acceptors (Lipinski definition) is 5. The number of rotatable bonds is 5. The molecule has 6 heteroatoms. The van der Waals surface area contributed by atoms with Crippen molar-refractivity contribution < 1.29 is 13.9 Å². The molecule has 0 fully saturated rings. The van der Waals surface area contributed by atoms with Crippen LogP contribution in [0.5, 0.6) is 5.75 Å². The topological polar surface area (TPSA) is 67.9 Å². The Labute approximate surface area is 145 Å². The van der Waals surface area contributed by atoms with Gasteiger partial charge in [-0.05, 0) is 12.1 Å². The number of para-hydroxylation sites is 1. The van der Waals surface area contributed by atoms with Gasteiger partial charge in [-0.15, -0.1) is 0 Å². The maximum absolute atomic E-state index is 12.4. The molecular weight excluding hydrogens is 318 g/mol. The highest BCUT2D eigenvalue weighted by atomic mass is 16.5. The lowest BCUT2D eigenvalue weighted by atomic mass is 10.1. The van der Waals surface area contributed by atoms with Crippen LogP contribution in [0.2, 0.25) is 0 Å². The molecule has 0 saturated heterocycles. The lowest BCUT2D eigenvalue weighted by Gasteiger charge is -2.25. The van der Waals surface area contributed by atoms with Crippen molar-refractivity contribution >= 4 is 12.1 Å². The zero-order chi connectivity index (χ0) is 17.1. The molecule has 0 saturated carbocycles. The molecule has 6 nitrogen and oxygen atoms in total. The molecule has 4 rings (SSSR count). The minimum absolute atomic E-state index is 0.0782. The third kappa shape index (κ3) is 3.63. The first-order chi connectivity index (χ1) is 12.3. The highest BCUT2D eigenvalue weighted by molar-refractivity contribution is 5.80. The van der Waals surface area contributed by atoms with Crippen LogP contribution in [-0.2, 0) is 24.4 Å². The van der Waals surface area contributed by atoms with Crippen LogP contribution in [0.15, 0.2) is 51.5 Å². The summed E-state index contributed by atoms with van der Waals surface area (Å²) in [4.78, 5) is 22.9. The van der Waals surface area contributed by atoms with E-state index >= 15 is 0 Å². The van der Waals surface area contributed by atoms with Gasteiger partial charge in [0, 0.05) is 31.3 Å². The van der Waals surface area contributed by atoms with Crippen LogP contribution in [0.25, 0.3) is 0 Å². The predicted octanol–water partition coefficient (Wildman–Crippen LogP) is 2.89. The van der Waals surface area contributed by atoms with Crippen molar-refractivity contribution in [2.24, 2.45) is 4.99 Å². The molecule has 1 aromatic carbocycles. The Morgan fingerprint density at radius 2 is 2.16 bits per heavy atom. The summed E-state index contributed by atoms with van der Waals surface area (Å²) < 4.78 is 11.5. The van der Waals surface area contributed by atoms with Gasteiger partial charge in [0.2, 0.25) is 11.8 Å². The zero-order valence-corrected chi connectivity index (χ0v) is 13.9. The highest BCUT2D eigenvalue weighted by Gasteiger charge is 2.26. The second kappa shape index (κ2) is 6.93. The number of nitrogens with zero attached hydrogens (tertiary/aromatic N) is 3. The van der Waals surface area contributed by atoms with Crippen LogP contribution in [0.1, 0.15) is 30.2 Å². The third-order valence-electron chi connectivity index (χ3n) is 4.28. The molecule has 2 aliphatic rings. The Morgan fingerprint density at radius 1 is 1.28 bits per heavy atom. The van der Waals surface area contributed by atoms with Crippen LogP contribution in [-0.4, -0.2) is 28.6 Å². The molecule has 0 bridgehead atoms. The summed E-state index contributed by atoms with van der Waals surface area (Å²) in [5.41, 5.74) is 1.78. The van der Waals surface area contributed by atoms with Crippen LogP contribution in [0.4, 0.5) is 0 Å². The van der Waals surface area contributed by atoms with E-state index in [-0.39, 0.29) is 12.5 Å². The molecule has 1 amide bonds. The molecule has 0 atom stereocenters. The van der Waals surface area contributed by atoms with E-state index in [1.165, 1.54) is 0 Å². The molecule has 128 valence electrons. The number of ether oxygens (including phenoxy) is 1. The molecule has 0 radical (unpaired) electrons. The number of allylic oxidation sites excluding steroid dienone is 1. The minimum atomic E-state index is 0.0782. The Hall–Kier alpha value is -2.89. The smallest absolute Gasteiger partial charge is 0.232 e. The van der Waals surface area contributed by atoms with Crippen molar-refractivity contribution in [3.05, 3.63) is 59.4 Å². The van der Waals surface area contributed by atoms with Crippen molar-refractivity contribution in [3.8, 4) is 5.75 Å². The number of benzene rings is 1. The van der Waals surface area contributed by atoms with Gasteiger partial charge < -0.3 is 14.1 Å². The average Bonchev–Trinajstić information content (AvgIpc) is 3.29. The average molecular weight is 337 g/mol. The first kappa shape index (κ1) is 15.6. The fraction of sp³-hybridized carbons (Fsp3) is 0.316. The van der Waals surface area contributed by atoms with Crippen molar-refractivity contribution in [3.63, 3.8) is 0 Å². The number of carbonyl (C=O) groups is 1. The van der Waals surface area contributed by atoms with E-state index in [9.17, 15) is 4.79 Å². The van der Waals surface area contributed by atoms with Gasteiger partial charge >= 0.3 is 0 Å². The Morgan fingerprint density at radius 3 is 2.96 bits per heavy atom. The highest BCUT2D eigenvalue weighted by Crippen LogP contribution is 2.22. The Kier molecular flexibility index (Phi) is 4.33. The quantitative estimate of drug-likeness (QED) is 0.841. The van der Waals surface area contributed by atoms with E-state index in [1.54, 1.807) is 0 Å². The zero-order valence-electron chi connectivity index (χ0n) is 13.9. The first-order valence-corrected chi connectivity index (χ1v) is 8.42. The maximum atomic E-state index is 12.4. The third-order valence-corrected chi connectivity index (χ3v) is 4.28. The molecule has 0 unspecified atom stereocenters. The molecule has 1 aromatic heterocycles. The first-order valence-electron chi connectivity index (χ1n) is 8.42. The van der Waals surface area contributed by atoms with Crippen molar-refractivity contribution in [2.45, 2.75) is 32.4 Å². The standard InChI is InChI=1S/C19H19N3O3/c23-19(11-14-5-4-9-20-14)22-10-8-16-17(12-22)25-18(21-16)13-24-15-6-2-1-3-7-15/h1-3,5-7,9H,4,8,10-13H2. The Bertz CT molecular complexity index is 824. The van der Waals surface area contributed by atoms with Gasteiger partial charge in [0.05, 0.1) is 18.7 Å². The Balaban J connectivity index is 1.37. The summed E-state index contributed by atoms with van der Waals surface area (Å²) in [5, 5.41) is 0. The molecule has 25 heavy (non-hydrogen) atoms. The van der Waals surface area contributed by atoms with Gasteiger partial charge in [-0.1, -0.05) is 24.3 Å². The van der Waals surface area contributed by atoms with Crippen LogP contribution in [0.3, 0.4) is 0 Å². The van der Waals surface area contributed by atoms with Crippen LogP contribution < -0.4 is 4.74 Å². The molecule has 0 aliphatic carbocycles. The van der Waals surface area contributed by atoms with Crippen LogP contribution >= 0.6 is 0 Å². The lowest BCUT2D eigenvalue weighted by Crippen LogP contribution is -2.35. The fourth-order valence-electron chi connectivity index (χ4n) is 2.98. The fourth-order valence-corrected chi connectivity index (χ4v) is 2.98. The van der Waals surface area contributed by atoms with Crippen molar-refractivity contribution in [1.29, 1.82) is 0 Å². The molecule has 2 aromatic rings. The second-order valence-electron chi connectivity index (χ2n) is 6.06. The maximum Gasteiger partial charge on any atom is 0.232 e. The van der Waals surface area contributed by atoms with E-state index in [2.05, 4.69) is 9.98 Å². The number of aromatic nitrogens is 1. The van der Waals surface area contributed by atoms with E-state index < -0.39 is 0 Å². The number of aliphatic imine (C=N–C) groups is 1. The van der Waals surface area contributed by atoms with Crippen LogP contribution in [0, 0.1) is 0 Å². The summed E-state index contributed by atoms with van der Waals surface area (Å²) in [6.07, 6.45) is 5.69. The number of oxazole rings is 1.